The van der Waals surface area contributed by atoms with Gasteiger partial charge in [0.2, 0.25) is 5.13 Å². The van der Waals surface area contributed by atoms with Crippen LogP contribution in [0.25, 0.3) is 0 Å². The summed E-state index contributed by atoms with van der Waals surface area (Å²) in [5, 5.41) is 20.0. The Morgan fingerprint density at radius 1 is 1.38 bits per heavy atom. The molecule has 1 saturated carbocycles. The zero-order valence-corrected chi connectivity index (χ0v) is 14.5. The van der Waals surface area contributed by atoms with Crippen molar-refractivity contribution >= 4 is 34.1 Å². The molecule has 6 nitrogen and oxygen atoms in total. The number of ether oxygens (including phenoxy) is 1. The molecule has 0 saturated heterocycles. The molecule has 2 aromatic rings. The highest BCUT2D eigenvalue weighted by molar-refractivity contribution is 8.00. The van der Waals surface area contributed by atoms with Gasteiger partial charge < -0.3 is 4.74 Å². The molecule has 124 valence electrons. The number of anilines is 1. The molecule has 1 aliphatic carbocycles. The summed E-state index contributed by atoms with van der Waals surface area (Å²) >= 11 is 2.89. The van der Waals surface area contributed by atoms with Crippen molar-refractivity contribution in [2.24, 2.45) is 5.92 Å². The second kappa shape index (κ2) is 8.24. The Kier molecular flexibility index (Phi) is 5.80. The zero-order chi connectivity index (χ0) is 16.8. The van der Waals surface area contributed by atoms with E-state index in [0.29, 0.717) is 23.2 Å². The highest BCUT2D eigenvalue weighted by Crippen LogP contribution is 2.29. The van der Waals surface area contributed by atoms with Gasteiger partial charge in [-0.15, -0.1) is 10.2 Å². The highest BCUT2D eigenvalue weighted by atomic mass is 32.2. The van der Waals surface area contributed by atoms with Gasteiger partial charge in [-0.05, 0) is 36.5 Å². The van der Waals surface area contributed by atoms with Crippen molar-refractivity contribution in [3.63, 3.8) is 0 Å². The second-order valence-corrected chi connectivity index (χ2v) is 7.68. The Bertz CT molecular complexity index is 735. The molecule has 0 aliphatic heterocycles. The van der Waals surface area contributed by atoms with Crippen LogP contribution < -0.4 is 5.32 Å². The third-order valence-corrected chi connectivity index (χ3v) is 5.42. The van der Waals surface area contributed by atoms with Gasteiger partial charge in [-0.2, -0.15) is 5.26 Å². The maximum atomic E-state index is 11.7. The minimum Gasteiger partial charge on any atom is -0.371 e. The standard InChI is InChI=1S/C16H16N4O2S2/c17-7-11-1-5-13(6-2-11)10-23-16-20-19-15(24-16)18-14(21)9-22-8-12-3-4-12/h1-2,5-6,12H,3-4,8-10H2,(H,18,19,21). The van der Waals surface area contributed by atoms with Gasteiger partial charge in [-0.25, -0.2) is 0 Å². The van der Waals surface area contributed by atoms with Crippen LogP contribution in [0.5, 0.6) is 0 Å². The van der Waals surface area contributed by atoms with Gasteiger partial charge in [-0.1, -0.05) is 35.2 Å². The van der Waals surface area contributed by atoms with Crippen LogP contribution in [-0.4, -0.2) is 29.3 Å². The van der Waals surface area contributed by atoms with Crippen molar-refractivity contribution in [2.75, 3.05) is 18.5 Å². The molecule has 1 fully saturated rings. The van der Waals surface area contributed by atoms with Crippen molar-refractivity contribution < 1.29 is 9.53 Å². The number of nitrogens with zero attached hydrogens (tertiary/aromatic N) is 3. The summed E-state index contributed by atoms with van der Waals surface area (Å²) in [5.74, 6) is 1.18. The number of aromatic nitrogens is 2. The van der Waals surface area contributed by atoms with E-state index in [1.807, 2.05) is 12.1 Å². The van der Waals surface area contributed by atoms with Gasteiger partial charge in [0.05, 0.1) is 18.2 Å². The lowest BCUT2D eigenvalue weighted by Crippen LogP contribution is -2.18. The molecular formula is C16H16N4O2S2. The van der Waals surface area contributed by atoms with Crippen LogP contribution in [0.1, 0.15) is 24.0 Å². The molecule has 24 heavy (non-hydrogen) atoms. The van der Waals surface area contributed by atoms with Gasteiger partial charge in [0.25, 0.3) is 5.91 Å². The summed E-state index contributed by atoms with van der Waals surface area (Å²) in [6.45, 7) is 0.721. The molecule has 0 radical (unpaired) electrons. The smallest absolute Gasteiger partial charge is 0.252 e. The number of carbonyl (C=O) groups excluding carboxylic acids is 1. The Hall–Kier alpha value is -1.95. The van der Waals surface area contributed by atoms with Crippen LogP contribution in [0, 0.1) is 17.2 Å². The van der Waals surface area contributed by atoms with E-state index in [-0.39, 0.29) is 12.5 Å². The van der Waals surface area contributed by atoms with Crippen LogP contribution >= 0.6 is 23.1 Å². The van der Waals surface area contributed by atoms with Gasteiger partial charge in [0, 0.05) is 5.75 Å². The Morgan fingerprint density at radius 2 is 2.17 bits per heavy atom. The normalized spacial score (nSPS) is 13.5. The third-order valence-electron chi connectivity index (χ3n) is 3.38. The van der Waals surface area contributed by atoms with Crippen LogP contribution in [0.4, 0.5) is 5.13 Å². The number of carbonyl (C=O) groups is 1. The Labute approximate surface area is 148 Å². The molecule has 1 heterocycles. The quantitative estimate of drug-likeness (QED) is 0.575. The topological polar surface area (TPSA) is 87.9 Å². The monoisotopic (exact) mass is 360 g/mol. The molecule has 3 rings (SSSR count). The van der Waals surface area contributed by atoms with Crippen molar-refractivity contribution in [1.29, 1.82) is 5.26 Å². The maximum absolute atomic E-state index is 11.7. The van der Waals surface area contributed by atoms with E-state index in [9.17, 15) is 4.79 Å². The van der Waals surface area contributed by atoms with Crippen molar-refractivity contribution in [3.8, 4) is 6.07 Å². The second-order valence-electron chi connectivity index (χ2n) is 5.48. The molecule has 1 amide bonds. The first-order chi connectivity index (χ1) is 11.7. The number of benzene rings is 1. The summed E-state index contributed by atoms with van der Waals surface area (Å²) in [7, 11) is 0. The number of thioether (sulfide) groups is 1. The van der Waals surface area contributed by atoms with Crippen molar-refractivity contribution in [3.05, 3.63) is 35.4 Å². The van der Waals surface area contributed by atoms with E-state index in [1.165, 1.54) is 24.2 Å². The zero-order valence-electron chi connectivity index (χ0n) is 12.9. The molecule has 0 bridgehead atoms. The van der Waals surface area contributed by atoms with Crippen LogP contribution in [-0.2, 0) is 15.3 Å². The van der Waals surface area contributed by atoms with Gasteiger partial charge in [0.15, 0.2) is 4.34 Å². The average Bonchev–Trinajstić information content (AvgIpc) is 3.31. The SMILES string of the molecule is N#Cc1ccc(CSc2nnc(NC(=O)COCC3CC3)s2)cc1. The summed E-state index contributed by atoms with van der Waals surface area (Å²) < 4.78 is 6.12. The van der Waals surface area contributed by atoms with Gasteiger partial charge in [0.1, 0.15) is 6.61 Å². The van der Waals surface area contributed by atoms with E-state index >= 15 is 0 Å². The van der Waals surface area contributed by atoms with Crippen LogP contribution in [0.2, 0.25) is 0 Å². The highest BCUT2D eigenvalue weighted by Gasteiger charge is 2.21. The number of hydrogen-bond donors (Lipinski definition) is 1. The van der Waals surface area contributed by atoms with E-state index in [4.69, 9.17) is 10.00 Å². The number of rotatable bonds is 8. The van der Waals surface area contributed by atoms with Crippen molar-refractivity contribution in [2.45, 2.75) is 22.9 Å². The first kappa shape index (κ1) is 16.9. The number of nitrogens with one attached hydrogen (secondary N) is 1. The van der Waals surface area contributed by atoms with Gasteiger partial charge in [-0.3, -0.25) is 10.1 Å². The largest absolute Gasteiger partial charge is 0.371 e. The first-order valence-corrected chi connectivity index (χ1v) is 9.36. The Morgan fingerprint density at radius 3 is 2.88 bits per heavy atom. The maximum Gasteiger partial charge on any atom is 0.252 e. The van der Waals surface area contributed by atoms with Crippen LogP contribution in [0.3, 0.4) is 0 Å². The summed E-state index contributed by atoms with van der Waals surface area (Å²) in [4.78, 5) is 11.7. The van der Waals surface area contributed by atoms with E-state index < -0.39 is 0 Å². The number of nitriles is 1. The molecule has 1 aliphatic rings. The molecule has 1 aromatic heterocycles. The molecule has 8 heteroatoms. The molecule has 0 unspecified atom stereocenters. The fourth-order valence-corrected chi connectivity index (χ4v) is 3.62. The summed E-state index contributed by atoms with van der Waals surface area (Å²) in [6.07, 6.45) is 2.41. The lowest BCUT2D eigenvalue weighted by molar-refractivity contribution is -0.120. The lowest BCUT2D eigenvalue weighted by Gasteiger charge is -2.02. The minimum absolute atomic E-state index is 0.0593. The lowest BCUT2D eigenvalue weighted by atomic mass is 10.2. The Balaban J connectivity index is 1.42. The average molecular weight is 360 g/mol. The molecule has 1 aromatic carbocycles. The minimum atomic E-state index is -0.199. The predicted octanol–water partition coefficient (Wildman–Crippen LogP) is 3.07. The summed E-state index contributed by atoms with van der Waals surface area (Å²) in [5.41, 5.74) is 1.75. The van der Waals surface area contributed by atoms with Gasteiger partial charge >= 0.3 is 0 Å². The summed E-state index contributed by atoms with van der Waals surface area (Å²) in [6, 6.07) is 9.53. The molecule has 0 spiro atoms. The van der Waals surface area contributed by atoms with Crippen LogP contribution in [0.15, 0.2) is 28.6 Å². The van der Waals surface area contributed by atoms with E-state index in [1.54, 1.807) is 23.9 Å². The third kappa shape index (κ3) is 5.30. The number of amides is 1. The molecular weight excluding hydrogens is 344 g/mol. The number of hydrogen-bond acceptors (Lipinski definition) is 7. The fourth-order valence-electron chi connectivity index (χ4n) is 1.90. The molecule has 1 N–H and O–H groups in total. The first-order valence-electron chi connectivity index (χ1n) is 7.56. The van der Waals surface area contributed by atoms with E-state index in [0.717, 1.165) is 15.7 Å². The molecule has 0 atom stereocenters. The van der Waals surface area contributed by atoms with E-state index in [2.05, 4.69) is 21.6 Å². The van der Waals surface area contributed by atoms with Crippen molar-refractivity contribution in [1.82, 2.24) is 10.2 Å². The predicted molar refractivity (Wildman–Crippen MR) is 92.8 cm³/mol. The fraction of sp³-hybridized carbons (Fsp3) is 0.375.